The standard InChI is InChI=1S/C18H19ClN6O/c1-12-10-13(2)25(24-12)17-7-6-16(22-23-17)20-8-9-21-18(26)14-4-3-5-15(19)11-14/h3-7,10-11H,8-9H2,1-2H3,(H,20,22)(H,21,26). The number of nitrogens with zero attached hydrogens (tertiary/aromatic N) is 4. The molecule has 0 saturated heterocycles. The maximum absolute atomic E-state index is 12.0. The van der Waals surface area contributed by atoms with E-state index in [-0.39, 0.29) is 5.91 Å². The van der Waals surface area contributed by atoms with Crippen molar-refractivity contribution in [2.24, 2.45) is 0 Å². The quantitative estimate of drug-likeness (QED) is 0.652. The fourth-order valence-corrected chi connectivity index (χ4v) is 2.68. The summed E-state index contributed by atoms with van der Waals surface area (Å²) in [5, 5.41) is 19.2. The Morgan fingerprint density at radius 2 is 1.96 bits per heavy atom. The van der Waals surface area contributed by atoms with Crippen molar-refractivity contribution in [3.63, 3.8) is 0 Å². The van der Waals surface area contributed by atoms with Crippen LogP contribution >= 0.6 is 11.6 Å². The van der Waals surface area contributed by atoms with Crippen molar-refractivity contribution >= 4 is 23.3 Å². The van der Waals surface area contributed by atoms with Gasteiger partial charge in [-0.15, -0.1) is 10.2 Å². The molecule has 134 valence electrons. The van der Waals surface area contributed by atoms with Gasteiger partial charge in [-0.05, 0) is 50.2 Å². The molecule has 1 aromatic carbocycles. The van der Waals surface area contributed by atoms with Crippen LogP contribution < -0.4 is 10.6 Å². The zero-order valence-corrected chi connectivity index (χ0v) is 15.3. The van der Waals surface area contributed by atoms with E-state index in [9.17, 15) is 4.79 Å². The number of anilines is 1. The van der Waals surface area contributed by atoms with Gasteiger partial charge in [-0.3, -0.25) is 4.79 Å². The second-order valence-electron chi connectivity index (χ2n) is 5.81. The van der Waals surface area contributed by atoms with Crippen molar-refractivity contribution in [1.29, 1.82) is 0 Å². The van der Waals surface area contributed by atoms with Crippen molar-refractivity contribution < 1.29 is 4.79 Å². The number of aromatic nitrogens is 4. The van der Waals surface area contributed by atoms with Crippen molar-refractivity contribution in [3.8, 4) is 5.82 Å². The SMILES string of the molecule is Cc1cc(C)n(-c2ccc(NCCNC(=O)c3cccc(Cl)c3)nn2)n1. The Balaban J connectivity index is 1.49. The third kappa shape index (κ3) is 4.37. The van der Waals surface area contributed by atoms with E-state index in [1.54, 1.807) is 28.9 Å². The molecule has 2 N–H and O–H groups in total. The average molecular weight is 371 g/mol. The fraction of sp³-hybridized carbons (Fsp3) is 0.222. The molecule has 0 bridgehead atoms. The zero-order valence-electron chi connectivity index (χ0n) is 14.5. The Bertz CT molecular complexity index is 906. The Hall–Kier alpha value is -2.93. The van der Waals surface area contributed by atoms with Crippen LogP contribution in [0.5, 0.6) is 0 Å². The van der Waals surface area contributed by atoms with E-state index in [4.69, 9.17) is 11.6 Å². The normalized spacial score (nSPS) is 10.6. The van der Waals surface area contributed by atoms with Crippen LogP contribution in [0.1, 0.15) is 21.7 Å². The molecule has 2 heterocycles. The molecule has 0 radical (unpaired) electrons. The summed E-state index contributed by atoms with van der Waals surface area (Å²) in [6.07, 6.45) is 0. The molecule has 26 heavy (non-hydrogen) atoms. The first-order valence-corrected chi connectivity index (χ1v) is 8.56. The number of amides is 1. The summed E-state index contributed by atoms with van der Waals surface area (Å²) >= 11 is 5.88. The first-order chi connectivity index (χ1) is 12.5. The van der Waals surface area contributed by atoms with Crippen LogP contribution in [-0.4, -0.2) is 39.0 Å². The molecule has 1 amide bonds. The van der Waals surface area contributed by atoms with Gasteiger partial charge in [0.25, 0.3) is 5.91 Å². The lowest BCUT2D eigenvalue weighted by Crippen LogP contribution is -2.28. The minimum atomic E-state index is -0.166. The maximum Gasteiger partial charge on any atom is 0.251 e. The van der Waals surface area contributed by atoms with Crippen molar-refractivity contribution in [2.45, 2.75) is 13.8 Å². The molecule has 0 spiro atoms. The number of hydrogen-bond donors (Lipinski definition) is 2. The predicted molar refractivity (Wildman–Crippen MR) is 101 cm³/mol. The van der Waals surface area contributed by atoms with Crippen LogP contribution in [0.15, 0.2) is 42.5 Å². The second kappa shape index (κ2) is 7.97. The van der Waals surface area contributed by atoms with Crippen LogP contribution in [0.25, 0.3) is 5.82 Å². The zero-order chi connectivity index (χ0) is 18.5. The average Bonchev–Trinajstić information content (AvgIpc) is 2.97. The maximum atomic E-state index is 12.0. The van der Waals surface area contributed by atoms with Crippen molar-refractivity contribution in [2.75, 3.05) is 18.4 Å². The van der Waals surface area contributed by atoms with Gasteiger partial charge in [0, 0.05) is 29.4 Å². The Morgan fingerprint density at radius 1 is 1.12 bits per heavy atom. The Kier molecular flexibility index (Phi) is 5.48. The van der Waals surface area contributed by atoms with E-state index >= 15 is 0 Å². The van der Waals surface area contributed by atoms with Gasteiger partial charge in [0.15, 0.2) is 5.82 Å². The van der Waals surface area contributed by atoms with E-state index in [2.05, 4.69) is 25.9 Å². The number of rotatable bonds is 6. The molecule has 3 rings (SSSR count). The highest BCUT2D eigenvalue weighted by molar-refractivity contribution is 6.30. The molecule has 8 heteroatoms. The highest BCUT2D eigenvalue weighted by Crippen LogP contribution is 2.11. The summed E-state index contributed by atoms with van der Waals surface area (Å²) in [6.45, 7) is 4.88. The van der Waals surface area contributed by atoms with Gasteiger partial charge in [0.1, 0.15) is 5.82 Å². The first kappa shape index (κ1) is 17.9. The van der Waals surface area contributed by atoms with E-state index in [1.807, 2.05) is 32.0 Å². The minimum Gasteiger partial charge on any atom is -0.367 e. The number of benzene rings is 1. The largest absolute Gasteiger partial charge is 0.367 e. The predicted octanol–water partition coefficient (Wildman–Crippen LogP) is 2.77. The van der Waals surface area contributed by atoms with Crippen molar-refractivity contribution in [3.05, 3.63) is 64.4 Å². The number of nitrogens with one attached hydrogen (secondary N) is 2. The number of aryl methyl sites for hydroxylation is 2. The van der Waals surface area contributed by atoms with Gasteiger partial charge in [0.2, 0.25) is 0 Å². The first-order valence-electron chi connectivity index (χ1n) is 8.18. The minimum absolute atomic E-state index is 0.166. The second-order valence-corrected chi connectivity index (χ2v) is 6.25. The molecule has 0 aliphatic carbocycles. The number of halogens is 1. The molecular weight excluding hydrogens is 352 g/mol. The van der Waals surface area contributed by atoms with E-state index < -0.39 is 0 Å². The lowest BCUT2D eigenvalue weighted by molar-refractivity contribution is 0.0955. The van der Waals surface area contributed by atoms with Gasteiger partial charge >= 0.3 is 0 Å². The number of hydrogen-bond acceptors (Lipinski definition) is 5. The molecule has 0 saturated carbocycles. The Labute approximate surface area is 156 Å². The van der Waals surface area contributed by atoms with Crippen LogP contribution in [0.4, 0.5) is 5.82 Å². The Morgan fingerprint density at radius 3 is 2.62 bits per heavy atom. The van der Waals surface area contributed by atoms with Crippen LogP contribution in [0.2, 0.25) is 5.02 Å². The third-order valence-corrected chi connectivity index (χ3v) is 3.92. The highest BCUT2D eigenvalue weighted by Gasteiger charge is 2.07. The number of carbonyl (C=O) groups excluding carboxylic acids is 1. The van der Waals surface area contributed by atoms with Gasteiger partial charge in [-0.2, -0.15) is 5.10 Å². The van der Waals surface area contributed by atoms with Crippen LogP contribution in [0, 0.1) is 13.8 Å². The highest BCUT2D eigenvalue weighted by atomic mass is 35.5. The van der Waals surface area contributed by atoms with Gasteiger partial charge < -0.3 is 10.6 Å². The van der Waals surface area contributed by atoms with E-state index in [0.29, 0.717) is 35.3 Å². The number of carbonyl (C=O) groups is 1. The lowest BCUT2D eigenvalue weighted by Gasteiger charge is -2.08. The summed E-state index contributed by atoms with van der Waals surface area (Å²) in [5.74, 6) is 1.13. The summed E-state index contributed by atoms with van der Waals surface area (Å²) in [6, 6.07) is 12.5. The fourth-order valence-electron chi connectivity index (χ4n) is 2.49. The van der Waals surface area contributed by atoms with Crippen LogP contribution in [0.3, 0.4) is 0 Å². The summed E-state index contributed by atoms with van der Waals surface area (Å²) < 4.78 is 1.75. The van der Waals surface area contributed by atoms with E-state index in [0.717, 1.165) is 11.4 Å². The van der Waals surface area contributed by atoms with Crippen LogP contribution in [-0.2, 0) is 0 Å². The monoisotopic (exact) mass is 370 g/mol. The van der Waals surface area contributed by atoms with Crippen molar-refractivity contribution in [1.82, 2.24) is 25.3 Å². The summed E-state index contributed by atoms with van der Waals surface area (Å²) in [4.78, 5) is 12.0. The summed E-state index contributed by atoms with van der Waals surface area (Å²) in [5.41, 5.74) is 2.47. The molecule has 0 fully saturated rings. The molecule has 0 unspecified atom stereocenters. The molecule has 2 aromatic heterocycles. The molecule has 7 nitrogen and oxygen atoms in total. The molecule has 0 atom stereocenters. The van der Waals surface area contributed by atoms with Gasteiger partial charge in [0.05, 0.1) is 5.69 Å². The molecular formula is C18H19ClN6O. The van der Waals surface area contributed by atoms with Gasteiger partial charge in [-0.25, -0.2) is 4.68 Å². The topological polar surface area (TPSA) is 84.7 Å². The molecule has 3 aromatic rings. The summed E-state index contributed by atoms with van der Waals surface area (Å²) in [7, 11) is 0. The van der Waals surface area contributed by atoms with Gasteiger partial charge in [-0.1, -0.05) is 17.7 Å². The van der Waals surface area contributed by atoms with E-state index in [1.165, 1.54) is 0 Å². The molecule has 0 aliphatic heterocycles. The molecule has 0 aliphatic rings. The lowest BCUT2D eigenvalue weighted by atomic mass is 10.2. The smallest absolute Gasteiger partial charge is 0.251 e. The third-order valence-electron chi connectivity index (χ3n) is 3.68.